The van der Waals surface area contributed by atoms with Crippen molar-refractivity contribution in [2.75, 3.05) is 19.5 Å². The number of aryl methyl sites for hydroxylation is 1. The minimum Gasteiger partial charge on any atom is -0.497 e. The summed E-state index contributed by atoms with van der Waals surface area (Å²) in [7, 11) is 0.835. The molecule has 2 N–H and O–H groups in total. The van der Waals surface area contributed by atoms with Crippen LogP contribution in [-0.2, 0) is 29.7 Å². The minimum atomic E-state index is -4.47. The number of methoxy groups -OCH3 is 1. The van der Waals surface area contributed by atoms with Gasteiger partial charge in [-0.2, -0.15) is 13.2 Å². The van der Waals surface area contributed by atoms with Crippen molar-refractivity contribution in [3.05, 3.63) is 95.4 Å². The molecule has 1 heterocycles. The fourth-order valence-corrected chi connectivity index (χ4v) is 5.33. The van der Waals surface area contributed by atoms with Gasteiger partial charge in [-0.3, -0.25) is 0 Å². The van der Waals surface area contributed by atoms with Crippen LogP contribution >= 0.6 is 0 Å². The fraction of sp³-hybridized carbons (Fsp3) is 0.250. The highest BCUT2D eigenvalue weighted by molar-refractivity contribution is 7.89. The maximum Gasteiger partial charge on any atom is 0.416 e. The van der Waals surface area contributed by atoms with E-state index in [1.807, 2.05) is 12.1 Å². The van der Waals surface area contributed by atoms with Gasteiger partial charge in [-0.15, -0.1) is 0 Å². The largest absolute Gasteiger partial charge is 0.497 e. The van der Waals surface area contributed by atoms with E-state index >= 15 is 0 Å². The summed E-state index contributed by atoms with van der Waals surface area (Å²) in [4.78, 5) is 4.57. The van der Waals surface area contributed by atoms with Crippen molar-refractivity contribution >= 4 is 15.7 Å². The van der Waals surface area contributed by atoms with E-state index in [0.29, 0.717) is 33.8 Å². The number of aromatic nitrogens is 2. The van der Waals surface area contributed by atoms with Crippen LogP contribution in [-0.4, -0.2) is 32.1 Å². The van der Waals surface area contributed by atoms with Crippen LogP contribution in [0.5, 0.6) is 5.75 Å². The van der Waals surface area contributed by atoms with Crippen LogP contribution in [0.4, 0.5) is 18.9 Å². The number of benzene rings is 3. The summed E-state index contributed by atoms with van der Waals surface area (Å²) in [6, 6.07) is 15.0. The first-order chi connectivity index (χ1) is 18.4. The molecule has 4 aromatic rings. The maximum absolute atomic E-state index is 13.3. The molecular formula is C28H29F3N4O3S. The van der Waals surface area contributed by atoms with Gasteiger partial charge in [0.15, 0.2) is 0 Å². The molecule has 0 aliphatic carbocycles. The van der Waals surface area contributed by atoms with Crippen LogP contribution in [0.25, 0.3) is 11.3 Å². The van der Waals surface area contributed by atoms with Crippen molar-refractivity contribution in [3.63, 3.8) is 0 Å². The number of halogens is 3. The van der Waals surface area contributed by atoms with Gasteiger partial charge >= 0.3 is 6.18 Å². The molecule has 0 aliphatic rings. The van der Waals surface area contributed by atoms with Crippen molar-refractivity contribution in [1.29, 1.82) is 0 Å². The Labute approximate surface area is 225 Å². The summed E-state index contributed by atoms with van der Waals surface area (Å²) in [5.41, 5.74) is 2.62. The zero-order chi connectivity index (χ0) is 28.4. The third-order valence-electron chi connectivity index (χ3n) is 6.42. The molecule has 7 nitrogen and oxygen atoms in total. The van der Waals surface area contributed by atoms with Crippen LogP contribution in [0.15, 0.2) is 78.1 Å². The third-order valence-corrected chi connectivity index (χ3v) is 7.91. The van der Waals surface area contributed by atoms with Crippen molar-refractivity contribution in [2.24, 2.45) is 7.05 Å². The molecule has 0 saturated heterocycles. The number of nitrogens with one attached hydrogen (secondary N) is 2. The summed E-state index contributed by atoms with van der Waals surface area (Å²) in [6.07, 6.45) is -0.850. The summed E-state index contributed by atoms with van der Waals surface area (Å²) in [5.74, 6) is 0.664. The lowest BCUT2D eigenvalue weighted by atomic mass is 9.95. The molecule has 11 heteroatoms. The molecule has 0 spiro atoms. The SMILES string of the molecule is CNS(=O)(=O)c1ccc(N[C@H](C)c2cccc(C(F)(F)F)c2)c(-c2cn(C)cn2)c1Cc1ccc(OC)cc1. The molecule has 0 aliphatic heterocycles. The van der Waals surface area contributed by atoms with E-state index in [9.17, 15) is 21.6 Å². The second-order valence-corrected chi connectivity index (χ2v) is 11.0. The first kappa shape index (κ1) is 28.2. The number of anilines is 1. The van der Waals surface area contributed by atoms with E-state index in [-0.39, 0.29) is 11.3 Å². The first-order valence-corrected chi connectivity index (χ1v) is 13.6. The molecule has 0 unspecified atom stereocenters. The average molecular weight is 559 g/mol. The number of rotatable bonds is 9. The number of hydrogen-bond donors (Lipinski definition) is 2. The van der Waals surface area contributed by atoms with Gasteiger partial charge in [0.05, 0.1) is 29.6 Å². The second-order valence-electron chi connectivity index (χ2n) is 9.11. The van der Waals surface area contributed by atoms with Crippen LogP contribution in [0.3, 0.4) is 0 Å². The lowest BCUT2D eigenvalue weighted by Crippen LogP contribution is -2.21. The van der Waals surface area contributed by atoms with Gasteiger partial charge in [0.25, 0.3) is 0 Å². The molecule has 0 radical (unpaired) electrons. The monoisotopic (exact) mass is 558 g/mol. The highest BCUT2D eigenvalue weighted by atomic mass is 32.2. The molecule has 0 fully saturated rings. The van der Waals surface area contributed by atoms with E-state index in [2.05, 4.69) is 15.0 Å². The molecule has 0 bridgehead atoms. The average Bonchev–Trinajstić information content (AvgIpc) is 3.34. The molecule has 3 aromatic carbocycles. The Balaban J connectivity index is 1.88. The van der Waals surface area contributed by atoms with E-state index in [4.69, 9.17) is 4.74 Å². The van der Waals surface area contributed by atoms with Gasteiger partial charge in [0.1, 0.15) is 5.75 Å². The predicted octanol–water partition coefficient (Wildman–Crippen LogP) is 5.79. The summed E-state index contributed by atoms with van der Waals surface area (Å²) >= 11 is 0. The Morgan fingerprint density at radius 3 is 2.38 bits per heavy atom. The fourth-order valence-electron chi connectivity index (χ4n) is 4.37. The van der Waals surface area contributed by atoms with Gasteiger partial charge in [-0.25, -0.2) is 18.1 Å². The van der Waals surface area contributed by atoms with E-state index in [1.165, 1.54) is 19.2 Å². The molecule has 0 amide bonds. The standard InChI is InChI=1S/C28H29F3N4O3S/c1-18(20-6-5-7-21(15-20)28(29,30)31)34-24-12-13-26(39(36,37)32-2)23(27(24)25-16-35(3)17-33-25)14-19-8-10-22(38-4)11-9-19/h5-13,15-18,32,34H,14H2,1-4H3/t18-/m1/s1. The normalized spacial score (nSPS) is 12.8. The first-order valence-electron chi connectivity index (χ1n) is 12.1. The van der Waals surface area contributed by atoms with Crippen LogP contribution in [0.1, 0.15) is 35.2 Å². The molecule has 39 heavy (non-hydrogen) atoms. The molecule has 0 saturated carbocycles. The summed E-state index contributed by atoms with van der Waals surface area (Å²) < 4.78 is 75.6. The van der Waals surface area contributed by atoms with Gasteiger partial charge in [-0.1, -0.05) is 24.3 Å². The number of ether oxygens (including phenoxy) is 1. The lowest BCUT2D eigenvalue weighted by Gasteiger charge is -2.23. The quantitative estimate of drug-likeness (QED) is 0.272. The van der Waals surface area contributed by atoms with Crippen molar-refractivity contribution in [2.45, 2.75) is 30.5 Å². The zero-order valence-electron chi connectivity index (χ0n) is 21.9. The number of sulfonamides is 1. The molecular weight excluding hydrogens is 529 g/mol. The molecule has 206 valence electrons. The van der Waals surface area contributed by atoms with Crippen molar-refractivity contribution < 1.29 is 26.3 Å². The number of hydrogen-bond acceptors (Lipinski definition) is 5. The molecule has 1 aromatic heterocycles. The van der Waals surface area contributed by atoms with E-state index in [0.717, 1.165) is 17.7 Å². The maximum atomic E-state index is 13.3. The Hall–Kier alpha value is -3.83. The van der Waals surface area contributed by atoms with Gasteiger partial charge in [-0.05, 0) is 73.5 Å². The van der Waals surface area contributed by atoms with Crippen LogP contribution in [0.2, 0.25) is 0 Å². The van der Waals surface area contributed by atoms with Gasteiger partial charge in [0.2, 0.25) is 10.0 Å². The highest BCUT2D eigenvalue weighted by Gasteiger charge is 2.31. The lowest BCUT2D eigenvalue weighted by molar-refractivity contribution is -0.137. The zero-order valence-corrected chi connectivity index (χ0v) is 22.7. The number of alkyl halides is 3. The number of imidazole rings is 1. The third kappa shape index (κ3) is 6.26. The van der Waals surface area contributed by atoms with E-state index in [1.54, 1.807) is 62.4 Å². The smallest absolute Gasteiger partial charge is 0.416 e. The number of nitrogens with zero attached hydrogens (tertiary/aromatic N) is 2. The highest BCUT2D eigenvalue weighted by Crippen LogP contribution is 2.38. The Kier molecular flexibility index (Phi) is 8.03. The van der Waals surface area contributed by atoms with Gasteiger partial charge in [0, 0.05) is 30.5 Å². The van der Waals surface area contributed by atoms with Crippen molar-refractivity contribution in [3.8, 4) is 17.0 Å². The van der Waals surface area contributed by atoms with Crippen LogP contribution < -0.4 is 14.8 Å². The Bertz CT molecular complexity index is 1570. The van der Waals surface area contributed by atoms with Crippen LogP contribution in [0, 0.1) is 0 Å². The summed E-state index contributed by atoms with van der Waals surface area (Å²) in [6.45, 7) is 1.75. The van der Waals surface area contributed by atoms with Crippen molar-refractivity contribution in [1.82, 2.24) is 14.3 Å². The molecule has 4 rings (SSSR count). The molecule has 1 atom stereocenters. The predicted molar refractivity (Wildman–Crippen MR) is 144 cm³/mol. The van der Waals surface area contributed by atoms with E-state index < -0.39 is 27.8 Å². The minimum absolute atomic E-state index is 0.0822. The summed E-state index contributed by atoms with van der Waals surface area (Å²) in [5, 5.41) is 3.30. The Morgan fingerprint density at radius 1 is 1.08 bits per heavy atom. The topological polar surface area (TPSA) is 85.3 Å². The second kappa shape index (κ2) is 11.1. The Morgan fingerprint density at radius 2 is 1.79 bits per heavy atom. The van der Waals surface area contributed by atoms with Gasteiger partial charge < -0.3 is 14.6 Å².